The van der Waals surface area contributed by atoms with Gasteiger partial charge in [-0.3, -0.25) is 24.3 Å². The van der Waals surface area contributed by atoms with Crippen LogP contribution in [0.25, 0.3) is 11.1 Å². The highest BCUT2D eigenvalue weighted by Crippen LogP contribution is 2.44. The lowest BCUT2D eigenvalue weighted by atomic mass is 9.99. The first-order valence-electron chi connectivity index (χ1n) is 16.6. The van der Waals surface area contributed by atoms with Crippen LogP contribution in [0.15, 0.2) is 54.6 Å². The van der Waals surface area contributed by atoms with E-state index in [0.717, 1.165) is 36.0 Å². The number of nitrogens with one attached hydrogen (secondary N) is 2. The summed E-state index contributed by atoms with van der Waals surface area (Å²) in [5, 5.41) is 14.4. The second kappa shape index (κ2) is 21.0. The molecule has 0 saturated heterocycles. The summed E-state index contributed by atoms with van der Waals surface area (Å²) in [7, 11) is -4.94. The van der Waals surface area contributed by atoms with Crippen molar-refractivity contribution in [2.24, 2.45) is 5.92 Å². The Labute approximate surface area is 273 Å². The predicted octanol–water partition coefficient (Wildman–Crippen LogP) is 6.44. The van der Waals surface area contributed by atoms with Gasteiger partial charge in [-0.15, -0.1) is 0 Å². The van der Waals surface area contributed by atoms with Gasteiger partial charge >= 0.3 is 19.5 Å². The fourth-order valence-corrected chi connectivity index (χ4v) is 6.45. The topological polar surface area (TPSA) is 162 Å². The van der Waals surface area contributed by atoms with Crippen LogP contribution in [0.4, 0.5) is 0 Å². The van der Waals surface area contributed by atoms with E-state index in [-0.39, 0.29) is 25.8 Å². The molecule has 2 rings (SSSR count). The van der Waals surface area contributed by atoms with Crippen molar-refractivity contribution in [1.82, 2.24) is 10.6 Å². The highest BCUT2D eigenvalue weighted by molar-refractivity contribution is 7.52. The number of amides is 1. The van der Waals surface area contributed by atoms with E-state index in [4.69, 9.17) is 9.84 Å². The van der Waals surface area contributed by atoms with Crippen LogP contribution in [0.1, 0.15) is 97.0 Å². The SMILES string of the molecule is CCCCCCCCCCCC(=O)OC(C(C)C)C(NC(Cc1ccc(-c2ccccc2)cc1)C(=O)NCCC(=O)O)P(=O)(O)O. The molecule has 3 unspecified atom stereocenters. The molecule has 0 bridgehead atoms. The average molecular weight is 661 g/mol. The molecule has 0 aliphatic rings. The molecule has 0 heterocycles. The Morgan fingerprint density at radius 3 is 1.91 bits per heavy atom. The van der Waals surface area contributed by atoms with E-state index in [0.29, 0.717) is 6.42 Å². The van der Waals surface area contributed by atoms with Crippen LogP contribution < -0.4 is 10.6 Å². The lowest BCUT2D eigenvalue weighted by molar-refractivity contribution is -0.152. The Morgan fingerprint density at radius 2 is 1.37 bits per heavy atom. The summed E-state index contributed by atoms with van der Waals surface area (Å²) in [4.78, 5) is 57.9. The van der Waals surface area contributed by atoms with Gasteiger partial charge in [0.25, 0.3) is 0 Å². The maximum Gasteiger partial charge on any atom is 0.346 e. The van der Waals surface area contributed by atoms with Crippen LogP contribution in [0.5, 0.6) is 0 Å². The molecule has 10 nitrogen and oxygen atoms in total. The van der Waals surface area contributed by atoms with Gasteiger partial charge in [0.2, 0.25) is 5.91 Å². The molecule has 0 radical (unpaired) electrons. The number of carboxylic acids is 1. The van der Waals surface area contributed by atoms with Crippen molar-refractivity contribution >= 4 is 25.4 Å². The number of carbonyl (C=O) groups excluding carboxylic acids is 2. The molecule has 46 heavy (non-hydrogen) atoms. The average Bonchev–Trinajstić information content (AvgIpc) is 3.01. The van der Waals surface area contributed by atoms with Gasteiger partial charge in [0.05, 0.1) is 12.5 Å². The summed E-state index contributed by atoms with van der Waals surface area (Å²) in [6.45, 7) is 5.44. The van der Waals surface area contributed by atoms with Gasteiger partial charge in [0, 0.05) is 13.0 Å². The van der Waals surface area contributed by atoms with Crippen molar-refractivity contribution in [3.05, 3.63) is 60.2 Å². The van der Waals surface area contributed by atoms with Gasteiger partial charge in [-0.25, -0.2) is 0 Å². The molecule has 0 fully saturated rings. The third kappa shape index (κ3) is 15.0. The smallest absolute Gasteiger partial charge is 0.346 e. The normalized spacial score (nSPS) is 13.6. The van der Waals surface area contributed by atoms with Crippen molar-refractivity contribution in [2.45, 2.75) is 116 Å². The maximum atomic E-state index is 13.3. The predicted molar refractivity (Wildman–Crippen MR) is 180 cm³/mol. The Balaban J connectivity index is 2.14. The second-order valence-corrected chi connectivity index (χ2v) is 14.0. The van der Waals surface area contributed by atoms with Gasteiger partial charge in [-0.2, -0.15) is 0 Å². The van der Waals surface area contributed by atoms with Crippen LogP contribution >= 0.6 is 7.60 Å². The number of rotatable bonds is 23. The molecule has 0 aromatic heterocycles. The molecule has 2 aromatic carbocycles. The lowest BCUT2D eigenvalue weighted by Gasteiger charge is -2.33. The number of carboxylic acid groups (broad SMARTS) is 1. The van der Waals surface area contributed by atoms with Crippen LogP contribution in [0, 0.1) is 5.92 Å². The summed E-state index contributed by atoms with van der Waals surface area (Å²) >= 11 is 0. The van der Waals surface area contributed by atoms with Crippen molar-refractivity contribution < 1.29 is 38.6 Å². The Kier molecular flexibility index (Phi) is 17.8. The van der Waals surface area contributed by atoms with Gasteiger partial charge in [-0.05, 0) is 35.4 Å². The van der Waals surface area contributed by atoms with Crippen LogP contribution in [-0.2, 0) is 30.1 Å². The first-order valence-corrected chi connectivity index (χ1v) is 18.2. The lowest BCUT2D eigenvalue weighted by Crippen LogP contribution is -2.54. The molecule has 0 aliphatic carbocycles. The molecule has 2 aromatic rings. The third-order valence-electron chi connectivity index (χ3n) is 7.91. The Bertz CT molecular complexity index is 1230. The van der Waals surface area contributed by atoms with E-state index < -0.39 is 49.3 Å². The minimum absolute atomic E-state index is 0.0572. The molecule has 1 amide bonds. The molecule has 5 N–H and O–H groups in total. The fraction of sp³-hybridized carbons (Fsp3) is 0.571. The van der Waals surface area contributed by atoms with E-state index in [1.54, 1.807) is 13.8 Å². The van der Waals surface area contributed by atoms with E-state index in [1.807, 2.05) is 54.6 Å². The summed E-state index contributed by atoms with van der Waals surface area (Å²) < 4.78 is 18.5. The Morgan fingerprint density at radius 1 is 0.804 bits per heavy atom. The Hall–Kier alpha value is -3.04. The zero-order valence-electron chi connectivity index (χ0n) is 27.5. The van der Waals surface area contributed by atoms with Gasteiger partial charge in [-0.1, -0.05) is 127 Å². The summed E-state index contributed by atoms with van der Waals surface area (Å²) in [5.41, 5.74) is 2.70. The van der Waals surface area contributed by atoms with E-state index in [9.17, 15) is 28.7 Å². The monoisotopic (exact) mass is 660 g/mol. The zero-order valence-corrected chi connectivity index (χ0v) is 28.4. The van der Waals surface area contributed by atoms with Crippen molar-refractivity contribution in [3.63, 3.8) is 0 Å². The van der Waals surface area contributed by atoms with Crippen molar-refractivity contribution in [2.75, 3.05) is 6.54 Å². The standard InChI is InChI=1S/C35H53N2O8P/c1-4-5-6-7-8-9-10-11-15-18-32(40)45-33(26(2)3)35(46(42,43)44)37-30(34(41)36-24-23-31(38)39)25-27-19-21-29(22-20-27)28-16-13-12-14-17-28/h12-14,16-17,19-22,26,30,33,35,37H,4-11,15,18,23-25H2,1-3H3,(H,36,41)(H,38,39)(H2,42,43,44). The minimum Gasteiger partial charge on any atom is -0.481 e. The number of ether oxygens (including phenoxy) is 1. The number of hydrogen-bond acceptors (Lipinski definition) is 6. The van der Waals surface area contributed by atoms with Crippen molar-refractivity contribution in [3.8, 4) is 11.1 Å². The number of benzene rings is 2. The molecule has 11 heteroatoms. The van der Waals surface area contributed by atoms with Crippen LogP contribution in [0.2, 0.25) is 0 Å². The van der Waals surface area contributed by atoms with Gasteiger partial charge < -0.3 is 24.9 Å². The highest BCUT2D eigenvalue weighted by atomic mass is 31.2. The second-order valence-electron chi connectivity index (χ2n) is 12.2. The fourth-order valence-electron chi connectivity index (χ4n) is 5.29. The van der Waals surface area contributed by atoms with Gasteiger partial charge in [0.1, 0.15) is 11.9 Å². The summed E-state index contributed by atoms with van der Waals surface area (Å²) in [6, 6.07) is 16.1. The van der Waals surface area contributed by atoms with E-state index >= 15 is 0 Å². The number of aliphatic carboxylic acids is 1. The first-order chi connectivity index (χ1) is 21.9. The highest BCUT2D eigenvalue weighted by Gasteiger charge is 2.42. The van der Waals surface area contributed by atoms with Crippen LogP contribution in [0.3, 0.4) is 0 Å². The van der Waals surface area contributed by atoms with E-state index in [2.05, 4.69) is 17.6 Å². The first kappa shape index (κ1) is 39.1. The largest absolute Gasteiger partial charge is 0.481 e. The van der Waals surface area contributed by atoms with Gasteiger partial charge in [0.15, 0.2) is 0 Å². The number of unbranched alkanes of at least 4 members (excludes halogenated alkanes) is 8. The number of carbonyl (C=O) groups is 3. The van der Waals surface area contributed by atoms with Crippen LogP contribution in [-0.4, -0.2) is 57.2 Å². The summed E-state index contributed by atoms with van der Waals surface area (Å²) in [6.07, 6.45) is 8.43. The number of hydrogen-bond donors (Lipinski definition) is 5. The molecule has 0 spiro atoms. The third-order valence-corrected chi connectivity index (χ3v) is 9.08. The van der Waals surface area contributed by atoms with Crippen molar-refractivity contribution in [1.29, 1.82) is 0 Å². The molecular weight excluding hydrogens is 607 g/mol. The summed E-state index contributed by atoms with van der Waals surface area (Å²) in [5.74, 6) is -4.37. The molecular formula is C35H53N2O8P. The molecule has 0 saturated carbocycles. The molecule has 3 atom stereocenters. The zero-order chi connectivity index (χ0) is 34.0. The number of esters is 1. The molecule has 0 aliphatic heterocycles. The van der Waals surface area contributed by atoms with E-state index in [1.165, 1.54) is 32.1 Å². The quantitative estimate of drug-likeness (QED) is 0.0513. The maximum absolute atomic E-state index is 13.3. The minimum atomic E-state index is -4.94. The molecule has 256 valence electrons.